The molecule has 0 saturated heterocycles. The average Bonchev–Trinajstić information content (AvgIpc) is 3.17. The van der Waals surface area contributed by atoms with Crippen LogP contribution in [0.2, 0.25) is 0 Å². The zero-order valence-electron chi connectivity index (χ0n) is 13.4. The van der Waals surface area contributed by atoms with Gasteiger partial charge in [-0.05, 0) is 33.0 Å². The summed E-state index contributed by atoms with van der Waals surface area (Å²) in [5.74, 6) is -0.829. The van der Waals surface area contributed by atoms with Gasteiger partial charge in [0, 0.05) is 0 Å². The van der Waals surface area contributed by atoms with Crippen molar-refractivity contribution in [3.63, 3.8) is 0 Å². The van der Waals surface area contributed by atoms with Crippen molar-refractivity contribution in [2.45, 2.75) is 20.3 Å². The first-order valence-corrected chi connectivity index (χ1v) is 6.97. The molecule has 0 saturated carbocycles. The Morgan fingerprint density at radius 1 is 1.22 bits per heavy atom. The summed E-state index contributed by atoms with van der Waals surface area (Å²) in [6.07, 6.45) is 7.56. The molecule has 0 atom stereocenters. The molecule has 1 aliphatic rings. The molecule has 124 valence electrons. The van der Waals surface area contributed by atoms with Crippen molar-refractivity contribution in [2.75, 3.05) is 7.11 Å². The molecular formula is C18H20FeO4. The monoisotopic (exact) mass is 356 g/mol. The third-order valence-corrected chi connectivity index (χ3v) is 3.24. The van der Waals surface area contributed by atoms with Crippen LogP contribution in [0.3, 0.4) is 0 Å². The van der Waals surface area contributed by atoms with Gasteiger partial charge in [-0.25, -0.2) is 12.1 Å². The minimum Gasteiger partial charge on any atom is -0.616 e. The van der Waals surface area contributed by atoms with Crippen LogP contribution in [0.15, 0.2) is 60.1 Å². The van der Waals surface area contributed by atoms with Gasteiger partial charge in [-0.15, -0.1) is 0 Å². The molecular weight excluding hydrogens is 336 g/mol. The Labute approximate surface area is 147 Å². The fourth-order valence-corrected chi connectivity index (χ4v) is 1.99. The second-order valence-corrected chi connectivity index (χ2v) is 4.94. The van der Waals surface area contributed by atoms with E-state index in [0.717, 1.165) is 5.56 Å². The summed E-state index contributed by atoms with van der Waals surface area (Å²) in [6.45, 7) is 2.93. The molecule has 1 aromatic carbocycles. The van der Waals surface area contributed by atoms with Crippen LogP contribution in [0.5, 0.6) is 0 Å². The van der Waals surface area contributed by atoms with Crippen molar-refractivity contribution >= 4 is 11.6 Å². The Hall–Kier alpha value is -1.97. The Balaban J connectivity index is 0.000000427. The number of allylic oxidation sites excluding steroid dienone is 5. The standard InChI is InChI=1S/C11H13O2.C7H8O2.Fe/c1-8(12)11(9(2)13)7-10-5-3-4-6-10;1-9-7(8)6-4-2-3-5-6;/h3-6,11H,7H2,1-2H3;2-5,8H,1H3;/q-1;;+2/p-1. The molecule has 0 radical (unpaired) electrons. The van der Waals surface area contributed by atoms with E-state index in [-0.39, 0.29) is 34.6 Å². The molecule has 0 fully saturated rings. The van der Waals surface area contributed by atoms with Gasteiger partial charge in [0.25, 0.3) is 0 Å². The van der Waals surface area contributed by atoms with Crippen molar-refractivity contribution < 1.29 is 36.5 Å². The third kappa shape index (κ3) is 7.22. The van der Waals surface area contributed by atoms with Crippen molar-refractivity contribution in [1.82, 2.24) is 0 Å². The molecule has 0 spiro atoms. The van der Waals surface area contributed by atoms with Crippen molar-refractivity contribution in [1.29, 1.82) is 0 Å². The maximum atomic E-state index is 11.1. The van der Waals surface area contributed by atoms with E-state index < -0.39 is 5.92 Å². The Kier molecular flexibility index (Phi) is 9.79. The van der Waals surface area contributed by atoms with Gasteiger partial charge in [0.15, 0.2) is 0 Å². The van der Waals surface area contributed by atoms with Crippen molar-refractivity contribution in [3.8, 4) is 0 Å². The van der Waals surface area contributed by atoms with Crippen LogP contribution in [0.1, 0.15) is 19.4 Å². The van der Waals surface area contributed by atoms with E-state index in [2.05, 4.69) is 4.74 Å². The minimum atomic E-state index is -0.456. The van der Waals surface area contributed by atoms with E-state index in [1.54, 1.807) is 24.3 Å². The SMILES string of the molecule is CC(=O)C(Cc1ccc[cH-]1)C(C)=O.COC([O-])=C1C=CC=C1.[Fe+2]. The number of ketones is 2. The van der Waals surface area contributed by atoms with Gasteiger partial charge in [0.2, 0.25) is 0 Å². The average molecular weight is 356 g/mol. The maximum Gasteiger partial charge on any atom is 2.00 e. The van der Waals surface area contributed by atoms with Gasteiger partial charge in [-0.1, -0.05) is 24.3 Å². The largest absolute Gasteiger partial charge is 2.00 e. The van der Waals surface area contributed by atoms with Gasteiger partial charge < -0.3 is 9.84 Å². The Morgan fingerprint density at radius 2 is 1.78 bits per heavy atom. The molecule has 0 aliphatic heterocycles. The molecule has 0 bridgehead atoms. The van der Waals surface area contributed by atoms with Crippen LogP contribution >= 0.6 is 0 Å². The molecule has 0 N–H and O–H groups in total. The van der Waals surface area contributed by atoms with Crippen molar-refractivity contribution in [2.24, 2.45) is 5.92 Å². The Bertz CT molecular complexity index is 567. The number of hydrogen-bond donors (Lipinski definition) is 0. The predicted molar refractivity (Wildman–Crippen MR) is 82.9 cm³/mol. The smallest absolute Gasteiger partial charge is 0.616 e. The van der Waals surface area contributed by atoms with E-state index in [1.807, 2.05) is 24.3 Å². The van der Waals surface area contributed by atoms with Gasteiger partial charge in [0.1, 0.15) is 11.6 Å². The van der Waals surface area contributed by atoms with E-state index in [0.29, 0.717) is 12.0 Å². The van der Waals surface area contributed by atoms with Gasteiger partial charge in [-0.2, -0.15) is 17.7 Å². The minimum absolute atomic E-state index is 0. The summed E-state index contributed by atoms with van der Waals surface area (Å²) < 4.78 is 4.46. The van der Waals surface area contributed by atoms with Gasteiger partial charge in [-0.3, -0.25) is 9.59 Å². The second kappa shape index (κ2) is 10.7. The van der Waals surface area contributed by atoms with E-state index in [1.165, 1.54) is 21.0 Å². The molecule has 0 unspecified atom stereocenters. The Morgan fingerprint density at radius 3 is 2.17 bits per heavy atom. The summed E-state index contributed by atoms with van der Waals surface area (Å²) in [5, 5.41) is 10.7. The van der Waals surface area contributed by atoms with Crippen molar-refractivity contribution in [3.05, 3.63) is 65.7 Å². The van der Waals surface area contributed by atoms with E-state index in [4.69, 9.17) is 0 Å². The zero-order valence-corrected chi connectivity index (χ0v) is 14.5. The molecule has 5 heteroatoms. The number of ether oxygens (including phenoxy) is 1. The summed E-state index contributed by atoms with van der Waals surface area (Å²) in [4.78, 5) is 22.2. The normalized spacial score (nSPS) is 11.6. The summed E-state index contributed by atoms with van der Waals surface area (Å²) >= 11 is 0. The summed E-state index contributed by atoms with van der Waals surface area (Å²) in [6, 6.07) is 7.68. The van der Waals surface area contributed by atoms with E-state index in [9.17, 15) is 14.7 Å². The first-order chi connectivity index (χ1) is 10.5. The number of rotatable bonds is 5. The van der Waals surface area contributed by atoms with Crippen LogP contribution < -0.4 is 5.11 Å². The summed E-state index contributed by atoms with van der Waals surface area (Å²) in [7, 11) is 1.37. The number of methoxy groups -OCH3 is 1. The fourth-order valence-electron chi connectivity index (χ4n) is 1.99. The third-order valence-electron chi connectivity index (χ3n) is 3.24. The summed E-state index contributed by atoms with van der Waals surface area (Å²) in [5.41, 5.74) is 1.66. The molecule has 0 amide bonds. The topological polar surface area (TPSA) is 66.4 Å². The number of Topliss-reactive ketones (excluding diaryl/α,β-unsaturated/α-hetero) is 2. The van der Waals surface area contributed by atoms with E-state index >= 15 is 0 Å². The van der Waals surface area contributed by atoms with Gasteiger partial charge >= 0.3 is 17.1 Å². The first-order valence-electron chi connectivity index (χ1n) is 6.97. The van der Waals surface area contributed by atoms with Crippen LogP contribution in [0.4, 0.5) is 0 Å². The first kappa shape index (κ1) is 21.0. The number of hydrogen-bond acceptors (Lipinski definition) is 4. The van der Waals surface area contributed by atoms with Crippen LogP contribution in [-0.4, -0.2) is 18.7 Å². The van der Waals surface area contributed by atoms with Gasteiger partial charge in [0.05, 0.1) is 11.9 Å². The molecule has 0 heterocycles. The predicted octanol–water partition coefficient (Wildman–Crippen LogP) is 2.07. The maximum absolute atomic E-state index is 11.1. The fraction of sp³-hybridized carbons (Fsp3) is 0.278. The number of carbonyl (C=O) groups is 2. The molecule has 2 rings (SSSR count). The molecule has 1 aliphatic carbocycles. The quantitative estimate of drug-likeness (QED) is 0.351. The van der Waals surface area contributed by atoms with Crippen LogP contribution in [0.25, 0.3) is 0 Å². The zero-order chi connectivity index (χ0) is 16.5. The molecule has 4 nitrogen and oxygen atoms in total. The number of carbonyl (C=O) groups excluding carboxylic acids is 2. The molecule has 23 heavy (non-hydrogen) atoms. The molecule has 0 aromatic heterocycles. The second-order valence-electron chi connectivity index (χ2n) is 4.94. The molecule has 1 aromatic rings. The van der Waals surface area contributed by atoms with Crippen LogP contribution in [0, 0.1) is 5.92 Å². The van der Waals surface area contributed by atoms with Crippen LogP contribution in [-0.2, 0) is 37.8 Å².